The summed E-state index contributed by atoms with van der Waals surface area (Å²) in [6, 6.07) is 9.75. The SMILES string of the molecule is CC(C)(CN)NC(=O)COCc1ccccc1.Cl. The maximum absolute atomic E-state index is 11.5. The molecule has 0 unspecified atom stereocenters. The molecule has 1 aromatic rings. The van der Waals surface area contributed by atoms with Gasteiger partial charge < -0.3 is 15.8 Å². The summed E-state index contributed by atoms with van der Waals surface area (Å²) in [4.78, 5) is 11.5. The Kier molecular flexibility index (Phi) is 7.59. The van der Waals surface area contributed by atoms with E-state index in [1.807, 2.05) is 44.2 Å². The number of benzene rings is 1. The second-order valence-corrected chi connectivity index (χ2v) is 4.61. The summed E-state index contributed by atoms with van der Waals surface area (Å²) in [5, 5.41) is 2.80. The molecule has 0 bridgehead atoms. The summed E-state index contributed by atoms with van der Waals surface area (Å²) in [7, 11) is 0. The lowest BCUT2D eigenvalue weighted by molar-refractivity contribution is -0.127. The monoisotopic (exact) mass is 272 g/mol. The summed E-state index contributed by atoms with van der Waals surface area (Å²) in [5.74, 6) is -0.142. The van der Waals surface area contributed by atoms with Gasteiger partial charge in [-0.15, -0.1) is 12.4 Å². The molecule has 0 spiro atoms. The zero-order chi connectivity index (χ0) is 12.7. The van der Waals surface area contributed by atoms with Crippen molar-refractivity contribution in [3.05, 3.63) is 35.9 Å². The molecule has 5 heteroatoms. The third-order valence-corrected chi connectivity index (χ3v) is 2.33. The third-order valence-electron chi connectivity index (χ3n) is 2.33. The van der Waals surface area contributed by atoms with Gasteiger partial charge in [-0.25, -0.2) is 0 Å². The van der Waals surface area contributed by atoms with E-state index in [1.165, 1.54) is 0 Å². The van der Waals surface area contributed by atoms with Crippen molar-refractivity contribution >= 4 is 18.3 Å². The molecule has 0 saturated carbocycles. The predicted molar refractivity (Wildman–Crippen MR) is 74.6 cm³/mol. The van der Waals surface area contributed by atoms with Crippen LogP contribution in [0.3, 0.4) is 0 Å². The molecule has 0 atom stereocenters. The van der Waals surface area contributed by atoms with E-state index in [2.05, 4.69) is 5.32 Å². The lowest BCUT2D eigenvalue weighted by Crippen LogP contribution is -2.50. The number of halogens is 1. The van der Waals surface area contributed by atoms with Crippen LogP contribution >= 0.6 is 12.4 Å². The molecule has 18 heavy (non-hydrogen) atoms. The Morgan fingerprint density at radius 3 is 2.50 bits per heavy atom. The van der Waals surface area contributed by atoms with Gasteiger partial charge in [0.15, 0.2) is 0 Å². The maximum Gasteiger partial charge on any atom is 0.246 e. The van der Waals surface area contributed by atoms with E-state index >= 15 is 0 Å². The molecule has 0 heterocycles. The van der Waals surface area contributed by atoms with Crippen LogP contribution in [0.25, 0.3) is 0 Å². The molecular weight excluding hydrogens is 252 g/mol. The Labute approximate surface area is 114 Å². The number of ether oxygens (including phenoxy) is 1. The lowest BCUT2D eigenvalue weighted by atomic mass is 10.1. The fraction of sp³-hybridized carbons (Fsp3) is 0.462. The van der Waals surface area contributed by atoms with Gasteiger partial charge in [-0.1, -0.05) is 30.3 Å². The van der Waals surface area contributed by atoms with Gasteiger partial charge in [-0.3, -0.25) is 4.79 Å². The van der Waals surface area contributed by atoms with Crippen LogP contribution in [-0.4, -0.2) is 24.6 Å². The number of rotatable bonds is 6. The second kappa shape index (κ2) is 8.08. The molecule has 0 aliphatic rings. The average molecular weight is 273 g/mol. The maximum atomic E-state index is 11.5. The van der Waals surface area contributed by atoms with Gasteiger partial charge in [0, 0.05) is 12.1 Å². The predicted octanol–water partition coefficient (Wildman–Crippen LogP) is 1.48. The summed E-state index contributed by atoms with van der Waals surface area (Å²) in [5.41, 5.74) is 6.19. The van der Waals surface area contributed by atoms with Gasteiger partial charge in [0.2, 0.25) is 5.91 Å². The molecule has 0 radical (unpaired) electrons. The lowest BCUT2D eigenvalue weighted by Gasteiger charge is -2.24. The van der Waals surface area contributed by atoms with E-state index in [1.54, 1.807) is 0 Å². The number of hydrogen-bond acceptors (Lipinski definition) is 3. The molecule has 1 amide bonds. The standard InChI is InChI=1S/C13H20N2O2.ClH/c1-13(2,10-14)15-12(16)9-17-8-11-6-4-3-5-7-11;/h3-7H,8-10,14H2,1-2H3,(H,15,16);1H. The van der Waals surface area contributed by atoms with Crippen LogP contribution in [0, 0.1) is 0 Å². The Morgan fingerprint density at radius 1 is 1.33 bits per heavy atom. The van der Waals surface area contributed by atoms with E-state index in [9.17, 15) is 4.79 Å². The molecule has 1 aromatic carbocycles. The van der Waals surface area contributed by atoms with Crippen molar-refractivity contribution in [2.24, 2.45) is 5.73 Å². The number of carbonyl (C=O) groups excluding carboxylic acids is 1. The third kappa shape index (κ3) is 6.59. The van der Waals surface area contributed by atoms with Crippen molar-refractivity contribution in [1.29, 1.82) is 0 Å². The minimum atomic E-state index is -0.382. The highest BCUT2D eigenvalue weighted by Gasteiger charge is 2.17. The number of nitrogens with one attached hydrogen (secondary N) is 1. The number of carbonyl (C=O) groups is 1. The van der Waals surface area contributed by atoms with Gasteiger partial charge in [0.1, 0.15) is 6.61 Å². The average Bonchev–Trinajstić information content (AvgIpc) is 2.30. The van der Waals surface area contributed by atoms with Crippen molar-refractivity contribution < 1.29 is 9.53 Å². The van der Waals surface area contributed by atoms with Crippen molar-refractivity contribution in [1.82, 2.24) is 5.32 Å². The minimum Gasteiger partial charge on any atom is -0.367 e. The molecular formula is C13H21ClN2O2. The van der Waals surface area contributed by atoms with Gasteiger partial charge in [-0.2, -0.15) is 0 Å². The van der Waals surface area contributed by atoms with Crippen LogP contribution in [0.15, 0.2) is 30.3 Å². The normalized spacial score (nSPS) is 10.6. The molecule has 4 nitrogen and oxygen atoms in total. The molecule has 0 aromatic heterocycles. The van der Waals surface area contributed by atoms with Crippen LogP contribution in [0.4, 0.5) is 0 Å². The van der Waals surface area contributed by atoms with Gasteiger partial charge in [0.25, 0.3) is 0 Å². The first-order valence-corrected chi connectivity index (χ1v) is 5.66. The molecule has 0 saturated heterocycles. The molecule has 0 aliphatic carbocycles. The van der Waals surface area contributed by atoms with Crippen LogP contribution < -0.4 is 11.1 Å². The largest absolute Gasteiger partial charge is 0.367 e. The number of amides is 1. The van der Waals surface area contributed by atoms with Crippen molar-refractivity contribution in [3.8, 4) is 0 Å². The summed E-state index contributed by atoms with van der Waals surface area (Å²) in [6.45, 7) is 4.65. The Hall–Kier alpha value is -1.10. The van der Waals surface area contributed by atoms with Crippen LogP contribution in [0.2, 0.25) is 0 Å². The van der Waals surface area contributed by atoms with E-state index in [0.717, 1.165) is 5.56 Å². The smallest absolute Gasteiger partial charge is 0.246 e. The van der Waals surface area contributed by atoms with Crippen molar-refractivity contribution in [2.45, 2.75) is 26.0 Å². The van der Waals surface area contributed by atoms with Crippen molar-refractivity contribution in [2.75, 3.05) is 13.2 Å². The molecule has 3 N–H and O–H groups in total. The number of hydrogen-bond donors (Lipinski definition) is 2. The minimum absolute atomic E-state index is 0. The van der Waals surface area contributed by atoms with E-state index in [0.29, 0.717) is 13.2 Å². The first kappa shape index (κ1) is 16.9. The van der Waals surface area contributed by atoms with Gasteiger partial charge >= 0.3 is 0 Å². The van der Waals surface area contributed by atoms with Crippen LogP contribution in [0.5, 0.6) is 0 Å². The van der Waals surface area contributed by atoms with E-state index in [-0.39, 0.29) is 30.5 Å². The molecule has 0 fully saturated rings. The van der Waals surface area contributed by atoms with Crippen LogP contribution in [-0.2, 0) is 16.1 Å². The zero-order valence-electron chi connectivity index (χ0n) is 10.8. The highest BCUT2D eigenvalue weighted by Crippen LogP contribution is 2.01. The highest BCUT2D eigenvalue weighted by atomic mass is 35.5. The topological polar surface area (TPSA) is 64.3 Å². The second-order valence-electron chi connectivity index (χ2n) is 4.61. The summed E-state index contributed by atoms with van der Waals surface area (Å²) < 4.78 is 5.32. The van der Waals surface area contributed by atoms with Crippen molar-refractivity contribution in [3.63, 3.8) is 0 Å². The molecule has 102 valence electrons. The first-order chi connectivity index (χ1) is 8.03. The summed E-state index contributed by atoms with van der Waals surface area (Å²) >= 11 is 0. The first-order valence-electron chi connectivity index (χ1n) is 5.66. The van der Waals surface area contributed by atoms with E-state index < -0.39 is 0 Å². The number of nitrogens with two attached hydrogens (primary N) is 1. The fourth-order valence-electron chi connectivity index (χ4n) is 1.30. The Morgan fingerprint density at radius 2 is 1.94 bits per heavy atom. The Balaban J connectivity index is 0.00000289. The molecule has 1 rings (SSSR count). The summed E-state index contributed by atoms with van der Waals surface area (Å²) in [6.07, 6.45) is 0. The van der Waals surface area contributed by atoms with Gasteiger partial charge in [-0.05, 0) is 19.4 Å². The van der Waals surface area contributed by atoms with Crippen LogP contribution in [0.1, 0.15) is 19.4 Å². The Bertz CT molecular complexity index is 355. The quantitative estimate of drug-likeness (QED) is 0.824. The van der Waals surface area contributed by atoms with E-state index in [4.69, 9.17) is 10.5 Å². The highest BCUT2D eigenvalue weighted by molar-refractivity contribution is 5.85. The zero-order valence-corrected chi connectivity index (χ0v) is 11.6. The molecule has 0 aliphatic heterocycles. The van der Waals surface area contributed by atoms with Gasteiger partial charge in [0.05, 0.1) is 6.61 Å². The fourth-order valence-corrected chi connectivity index (χ4v) is 1.30.